The number of hydrogen-bond acceptors (Lipinski definition) is 1. The quantitative estimate of drug-likeness (QED) is 0.641. The average molecular weight is 275 g/mol. The van der Waals surface area contributed by atoms with E-state index in [1.54, 1.807) is 6.07 Å². The van der Waals surface area contributed by atoms with E-state index in [2.05, 4.69) is 10.3 Å². The van der Waals surface area contributed by atoms with Gasteiger partial charge in [0, 0.05) is 12.1 Å². The minimum atomic E-state index is -0.162. The fourth-order valence-corrected chi connectivity index (χ4v) is 2.53. The minimum Gasteiger partial charge on any atom is -0.370 e. The van der Waals surface area contributed by atoms with Crippen molar-refractivity contribution in [2.75, 3.05) is 6.54 Å². The van der Waals surface area contributed by atoms with Crippen molar-refractivity contribution in [2.24, 2.45) is 16.6 Å². The molecule has 2 saturated carbocycles. The summed E-state index contributed by atoms with van der Waals surface area (Å²) < 4.78 is 13.9. The van der Waals surface area contributed by atoms with Gasteiger partial charge in [0.2, 0.25) is 0 Å². The molecule has 3 rings (SSSR count). The number of guanidine groups is 1. The van der Waals surface area contributed by atoms with Crippen LogP contribution >= 0.6 is 0 Å². The second kappa shape index (κ2) is 5.81. The van der Waals surface area contributed by atoms with E-state index in [4.69, 9.17) is 5.73 Å². The molecule has 3 N–H and O–H groups in total. The van der Waals surface area contributed by atoms with Gasteiger partial charge in [-0.3, -0.25) is 0 Å². The molecule has 0 radical (unpaired) electrons. The molecule has 0 amide bonds. The van der Waals surface area contributed by atoms with Crippen LogP contribution in [-0.2, 0) is 6.54 Å². The normalized spacial score (nSPS) is 19.8. The van der Waals surface area contributed by atoms with E-state index in [9.17, 15) is 4.39 Å². The highest BCUT2D eigenvalue weighted by molar-refractivity contribution is 5.77. The maximum Gasteiger partial charge on any atom is 0.188 e. The van der Waals surface area contributed by atoms with Crippen molar-refractivity contribution < 1.29 is 4.39 Å². The largest absolute Gasteiger partial charge is 0.370 e. The molecule has 3 nitrogen and oxygen atoms in total. The zero-order valence-electron chi connectivity index (χ0n) is 11.7. The summed E-state index contributed by atoms with van der Waals surface area (Å²) in [6, 6.07) is 5.51. The summed E-state index contributed by atoms with van der Waals surface area (Å²) in [7, 11) is 0. The highest BCUT2D eigenvalue weighted by Crippen LogP contribution is 2.40. The van der Waals surface area contributed by atoms with Crippen LogP contribution in [0, 0.1) is 11.7 Å². The number of hydrogen-bond donors (Lipinski definition) is 2. The molecule has 2 aliphatic carbocycles. The molecule has 1 aromatic rings. The number of nitrogens with zero attached hydrogens (tertiary/aromatic N) is 1. The van der Waals surface area contributed by atoms with Gasteiger partial charge < -0.3 is 11.1 Å². The standard InChI is InChI=1S/C16H22FN3/c17-15-8-13(12-4-5-12)6-7-14(15)10-20-16(18)19-9-11-2-1-3-11/h6-8,11-12H,1-5,9-10H2,(H3,18,19,20). The van der Waals surface area contributed by atoms with Crippen LogP contribution in [0.25, 0.3) is 0 Å². The summed E-state index contributed by atoms with van der Waals surface area (Å²) in [4.78, 5) is 4.22. The molecule has 0 saturated heterocycles. The van der Waals surface area contributed by atoms with E-state index >= 15 is 0 Å². The zero-order valence-corrected chi connectivity index (χ0v) is 11.7. The van der Waals surface area contributed by atoms with Crippen molar-refractivity contribution >= 4 is 5.96 Å². The van der Waals surface area contributed by atoms with E-state index in [1.165, 1.54) is 32.1 Å². The van der Waals surface area contributed by atoms with Crippen molar-refractivity contribution in [3.05, 3.63) is 35.1 Å². The molecule has 0 aromatic heterocycles. The summed E-state index contributed by atoms with van der Waals surface area (Å²) >= 11 is 0. The van der Waals surface area contributed by atoms with Crippen molar-refractivity contribution in [1.29, 1.82) is 0 Å². The van der Waals surface area contributed by atoms with Crippen LogP contribution in [0.5, 0.6) is 0 Å². The first-order valence-electron chi connectivity index (χ1n) is 7.54. The Balaban J connectivity index is 1.53. The molecule has 0 aliphatic heterocycles. The molecular weight excluding hydrogens is 253 g/mol. The minimum absolute atomic E-state index is 0.162. The smallest absolute Gasteiger partial charge is 0.188 e. The predicted octanol–water partition coefficient (Wildman–Crippen LogP) is 2.91. The Kier molecular flexibility index (Phi) is 3.90. The number of nitrogens with two attached hydrogens (primary N) is 1. The molecule has 0 atom stereocenters. The van der Waals surface area contributed by atoms with Gasteiger partial charge in [0.05, 0.1) is 6.54 Å². The zero-order chi connectivity index (χ0) is 13.9. The highest BCUT2D eigenvalue weighted by Gasteiger charge is 2.24. The molecule has 0 heterocycles. The third-order valence-electron chi connectivity index (χ3n) is 4.34. The molecule has 0 spiro atoms. The van der Waals surface area contributed by atoms with E-state index in [1.807, 2.05) is 12.1 Å². The first-order chi connectivity index (χ1) is 9.72. The van der Waals surface area contributed by atoms with E-state index in [0.29, 0.717) is 24.0 Å². The van der Waals surface area contributed by atoms with Gasteiger partial charge >= 0.3 is 0 Å². The maximum absolute atomic E-state index is 13.9. The molecule has 0 unspecified atom stereocenters. The van der Waals surface area contributed by atoms with Gasteiger partial charge in [-0.2, -0.15) is 0 Å². The molecular formula is C16H22FN3. The first kappa shape index (κ1) is 13.4. The molecule has 2 fully saturated rings. The van der Waals surface area contributed by atoms with Crippen molar-refractivity contribution in [2.45, 2.75) is 44.6 Å². The lowest BCUT2D eigenvalue weighted by Gasteiger charge is -2.25. The van der Waals surface area contributed by atoms with E-state index in [0.717, 1.165) is 18.0 Å². The van der Waals surface area contributed by atoms with Crippen molar-refractivity contribution in [1.82, 2.24) is 5.32 Å². The summed E-state index contributed by atoms with van der Waals surface area (Å²) in [5.41, 5.74) is 7.53. The Labute approximate surface area is 119 Å². The van der Waals surface area contributed by atoms with Crippen LogP contribution in [0.2, 0.25) is 0 Å². The fourth-order valence-electron chi connectivity index (χ4n) is 2.53. The van der Waals surface area contributed by atoms with Crippen LogP contribution in [-0.4, -0.2) is 12.5 Å². The average Bonchev–Trinajstić information content (AvgIpc) is 3.19. The van der Waals surface area contributed by atoms with E-state index in [-0.39, 0.29) is 5.82 Å². The third-order valence-corrected chi connectivity index (χ3v) is 4.34. The molecule has 2 aliphatic rings. The number of halogens is 1. The van der Waals surface area contributed by atoms with Gasteiger partial charge in [-0.05, 0) is 49.1 Å². The summed E-state index contributed by atoms with van der Waals surface area (Å²) in [5.74, 6) is 1.57. The maximum atomic E-state index is 13.9. The Hall–Kier alpha value is -1.58. The topological polar surface area (TPSA) is 50.4 Å². The Bertz CT molecular complexity index is 504. The number of rotatable bonds is 5. The lowest BCUT2D eigenvalue weighted by atomic mass is 9.85. The summed E-state index contributed by atoms with van der Waals surface area (Å²) in [6.45, 7) is 1.19. The summed E-state index contributed by atoms with van der Waals surface area (Å²) in [6.07, 6.45) is 6.25. The lowest BCUT2D eigenvalue weighted by Crippen LogP contribution is -2.37. The molecule has 4 heteroatoms. The van der Waals surface area contributed by atoms with Crippen LogP contribution in [0.1, 0.15) is 49.1 Å². The second-order valence-electron chi connectivity index (χ2n) is 6.00. The Morgan fingerprint density at radius 3 is 2.70 bits per heavy atom. The molecule has 108 valence electrons. The molecule has 1 aromatic carbocycles. The second-order valence-corrected chi connectivity index (χ2v) is 6.00. The number of aliphatic imine (C=N–C) groups is 1. The Morgan fingerprint density at radius 1 is 1.30 bits per heavy atom. The van der Waals surface area contributed by atoms with Gasteiger partial charge in [-0.25, -0.2) is 9.38 Å². The SMILES string of the molecule is NC(=NCc1ccc(C2CC2)cc1F)NCC1CCC1. The van der Waals surface area contributed by atoms with Crippen molar-refractivity contribution in [3.8, 4) is 0 Å². The lowest BCUT2D eigenvalue weighted by molar-refractivity contribution is 0.315. The van der Waals surface area contributed by atoms with Gasteiger partial charge in [0.25, 0.3) is 0 Å². The van der Waals surface area contributed by atoms with Crippen LogP contribution in [0.3, 0.4) is 0 Å². The monoisotopic (exact) mass is 275 g/mol. The van der Waals surface area contributed by atoms with Gasteiger partial charge in [0.1, 0.15) is 5.82 Å². The first-order valence-corrected chi connectivity index (χ1v) is 7.54. The number of nitrogens with one attached hydrogen (secondary N) is 1. The molecule has 0 bridgehead atoms. The summed E-state index contributed by atoms with van der Waals surface area (Å²) in [5, 5.41) is 3.12. The Morgan fingerprint density at radius 2 is 2.10 bits per heavy atom. The van der Waals surface area contributed by atoms with Crippen LogP contribution in [0.15, 0.2) is 23.2 Å². The van der Waals surface area contributed by atoms with Crippen molar-refractivity contribution in [3.63, 3.8) is 0 Å². The third kappa shape index (κ3) is 3.30. The predicted molar refractivity (Wildman–Crippen MR) is 79.0 cm³/mol. The van der Waals surface area contributed by atoms with E-state index < -0.39 is 0 Å². The fraction of sp³-hybridized carbons (Fsp3) is 0.562. The number of benzene rings is 1. The highest BCUT2D eigenvalue weighted by atomic mass is 19.1. The van der Waals surface area contributed by atoms with Gasteiger partial charge in [-0.15, -0.1) is 0 Å². The van der Waals surface area contributed by atoms with Gasteiger partial charge in [0.15, 0.2) is 5.96 Å². The van der Waals surface area contributed by atoms with Crippen LogP contribution < -0.4 is 11.1 Å². The molecule has 20 heavy (non-hydrogen) atoms. The van der Waals surface area contributed by atoms with Gasteiger partial charge in [-0.1, -0.05) is 18.6 Å². The van der Waals surface area contributed by atoms with Crippen LogP contribution in [0.4, 0.5) is 4.39 Å².